The van der Waals surface area contributed by atoms with Gasteiger partial charge < -0.3 is 20.7 Å². The van der Waals surface area contributed by atoms with Gasteiger partial charge in [-0.3, -0.25) is 4.79 Å². The van der Waals surface area contributed by atoms with E-state index in [2.05, 4.69) is 20.9 Å². The molecule has 1 amide bonds. The van der Waals surface area contributed by atoms with Gasteiger partial charge in [0.05, 0.1) is 16.6 Å². The zero-order valence-corrected chi connectivity index (χ0v) is 15.9. The van der Waals surface area contributed by atoms with Gasteiger partial charge in [0.1, 0.15) is 13.2 Å². The Hall–Kier alpha value is -1.37. The van der Waals surface area contributed by atoms with Crippen molar-refractivity contribution >= 4 is 46.7 Å². The summed E-state index contributed by atoms with van der Waals surface area (Å²) in [6, 6.07) is 3.13. The van der Waals surface area contributed by atoms with E-state index in [1.54, 1.807) is 12.1 Å². The van der Waals surface area contributed by atoms with Crippen LogP contribution in [0.4, 0.5) is 0 Å². The monoisotopic (exact) mass is 394 g/mol. The van der Waals surface area contributed by atoms with Crippen molar-refractivity contribution in [1.29, 1.82) is 0 Å². The molecular formula is C15H21Cl3N4O2. The van der Waals surface area contributed by atoms with E-state index in [-0.39, 0.29) is 12.5 Å². The number of carbonyl (C=O) groups excluding carboxylic acids is 1. The van der Waals surface area contributed by atoms with E-state index in [4.69, 9.17) is 39.5 Å². The molecule has 0 heterocycles. The minimum atomic E-state index is -0.134. The van der Waals surface area contributed by atoms with Crippen molar-refractivity contribution < 1.29 is 9.53 Å². The summed E-state index contributed by atoms with van der Waals surface area (Å²) in [4.78, 5) is 15.6. The van der Waals surface area contributed by atoms with Crippen LogP contribution in [0.1, 0.15) is 13.8 Å². The first-order valence-corrected chi connectivity index (χ1v) is 8.67. The standard InChI is InChI=1S/C15H21Cl3N4O2/c1-3-19-13(23)9-22-15(20-4-2)21-5-6-24-14-11(17)7-10(16)8-12(14)18/h7-8H,3-6,9H2,1-2H3,(H,19,23)(H2,20,21,22). The lowest BCUT2D eigenvalue weighted by molar-refractivity contribution is -0.119. The minimum absolute atomic E-state index is 0.0544. The van der Waals surface area contributed by atoms with Gasteiger partial charge in [0.2, 0.25) is 5.91 Å². The maximum atomic E-state index is 11.4. The summed E-state index contributed by atoms with van der Waals surface area (Å²) in [7, 11) is 0. The van der Waals surface area contributed by atoms with E-state index in [9.17, 15) is 4.79 Å². The van der Waals surface area contributed by atoms with Crippen molar-refractivity contribution in [2.75, 3.05) is 32.8 Å². The summed E-state index contributed by atoms with van der Waals surface area (Å²) < 4.78 is 5.57. The molecule has 1 aromatic rings. The molecule has 0 unspecified atom stereocenters. The van der Waals surface area contributed by atoms with Gasteiger partial charge in [-0.2, -0.15) is 0 Å². The Labute approximate surface area is 156 Å². The zero-order chi connectivity index (χ0) is 17.9. The first-order valence-electron chi connectivity index (χ1n) is 7.54. The minimum Gasteiger partial charge on any atom is -0.489 e. The SMILES string of the molecule is CCNC(=O)CN=C(NCC)NCCOc1c(Cl)cc(Cl)cc1Cl. The molecule has 134 valence electrons. The van der Waals surface area contributed by atoms with Gasteiger partial charge in [0, 0.05) is 18.1 Å². The third kappa shape index (κ3) is 7.47. The number of aliphatic imine (C=N–C) groups is 1. The maximum Gasteiger partial charge on any atom is 0.241 e. The maximum absolute atomic E-state index is 11.4. The van der Waals surface area contributed by atoms with E-state index < -0.39 is 0 Å². The van der Waals surface area contributed by atoms with Crippen LogP contribution in [0.25, 0.3) is 0 Å². The number of nitrogens with one attached hydrogen (secondary N) is 3. The van der Waals surface area contributed by atoms with Crippen LogP contribution >= 0.6 is 34.8 Å². The number of halogens is 3. The Morgan fingerprint density at radius 1 is 1.08 bits per heavy atom. The highest BCUT2D eigenvalue weighted by Gasteiger charge is 2.09. The van der Waals surface area contributed by atoms with Gasteiger partial charge in [-0.05, 0) is 26.0 Å². The second-order valence-corrected chi connectivity index (χ2v) is 5.87. The topological polar surface area (TPSA) is 74.8 Å². The lowest BCUT2D eigenvalue weighted by atomic mass is 10.3. The van der Waals surface area contributed by atoms with Gasteiger partial charge in [-0.25, -0.2) is 4.99 Å². The lowest BCUT2D eigenvalue weighted by Gasteiger charge is -2.13. The lowest BCUT2D eigenvalue weighted by Crippen LogP contribution is -2.40. The van der Waals surface area contributed by atoms with E-state index in [0.29, 0.717) is 53.0 Å². The molecule has 3 N–H and O–H groups in total. The molecule has 9 heteroatoms. The number of benzene rings is 1. The number of hydrogen-bond donors (Lipinski definition) is 3. The predicted octanol–water partition coefficient (Wildman–Crippen LogP) is 2.72. The molecule has 0 fully saturated rings. The van der Waals surface area contributed by atoms with Crippen LogP contribution in [0.2, 0.25) is 15.1 Å². The summed E-state index contributed by atoms with van der Waals surface area (Å²) in [5, 5.41) is 9.93. The second-order valence-electron chi connectivity index (χ2n) is 4.62. The summed E-state index contributed by atoms with van der Waals surface area (Å²) in [5.41, 5.74) is 0. The Bertz CT molecular complexity index is 559. The number of hydrogen-bond acceptors (Lipinski definition) is 3. The van der Waals surface area contributed by atoms with Gasteiger partial charge in [0.15, 0.2) is 11.7 Å². The number of amides is 1. The average molecular weight is 396 g/mol. The fourth-order valence-corrected chi connectivity index (χ4v) is 2.66. The molecule has 0 aliphatic carbocycles. The summed E-state index contributed by atoms with van der Waals surface area (Å²) in [6.45, 7) is 5.87. The third-order valence-corrected chi connectivity index (χ3v) is 3.48. The molecule has 0 atom stereocenters. The predicted molar refractivity (Wildman–Crippen MR) is 99.6 cm³/mol. The highest BCUT2D eigenvalue weighted by atomic mass is 35.5. The van der Waals surface area contributed by atoms with Crippen molar-refractivity contribution in [3.8, 4) is 5.75 Å². The molecule has 0 saturated carbocycles. The van der Waals surface area contributed by atoms with Crippen LogP contribution in [0, 0.1) is 0 Å². The molecule has 0 radical (unpaired) electrons. The van der Waals surface area contributed by atoms with Gasteiger partial charge in [0.25, 0.3) is 0 Å². The van der Waals surface area contributed by atoms with Gasteiger partial charge in [-0.15, -0.1) is 0 Å². The summed E-state index contributed by atoms with van der Waals surface area (Å²) >= 11 is 17.9. The average Bonchev–Trinajstić information content (AvgIpc) is 2.51. The fraction of sp³-hybridized carbons (Fsp3) is 0.467. The van der Waals surface area contributed by atoms with Crippen molar-refractivity contribution in [2.24, 2.45) is 4.99 Å². The van der Waals surface area contributed by atoms with Crippen LogP contribution in [-0.2, 0) is 4.79 Å². The molecule has 1 aromatic carbocycles. The number of likely N-dealkylation sites (N-methyl/N-ethyl adjacent to an activating group) is 1. The Balaban J connectivity index is 2.48. The summed E-state index contributed by atoms with van der Waals surface area (Å²) in [6.07, 6.45) is 0. The molecule has 0 saturated heterocycles. The van der Waals surface area contributed by atoms with Crippen molar-refractivity contribution in [1.82, 2.24) is 16.0 Å². The van der Waals surface area contributed by atoms with E-state index >= 15 is 0 Å². The van der Waals surface area contributed by atoms with Gasteiger partial charge >= 0.3 is 0 Å². The molecule has 1 rings (SSSR count). The Kier molecular flexibility index (Phi) is 9.67. The van der Waals surface area contributed by atoms with Crippen molar-refractivity contribution in [2.45, 2.75) is 13.8 Å². The molecule has 24 heavy (non-hydrogen) atoms. The quantitative estimate of drug-likeness (QED) is 0.359. The number of nitrogens with zero attached hydrogens (tertiary/aromatic N) is 1. The van der Waals surface area contributed by atoms with E-state index in [1.807, 2.05) is 13.8 Å². The highest BCUT2D eigenvalue weighted by Crippen LogP contribution is 2.35. The van der Waals surface area contributed by atoms with E-state index in [1.165, 1.54) is 0 Å². The normalized spacial score (nSPS) is 11.1. The van der Waals surface area contributed by atoms with Crippen LogP contribution < -0.4 is 20.7 Å². The number of guanidine groups is 1. The van der Waals surface area contributed by atoms with Crippen LogP contribution in [0.5, 0.6) is 5.75 Å². The van der Waals surface area contributed by atoms with E-state index in [0.717, 1.165) is 0 Å². The second kappa shape index (κ2) is 11.2. The van der Waals surface area contributed by atoms with Gasteiger partial charge in [-0.1, -0.05) is 34.8 Å². The van der Waals surface area contributed by atoms with Crippen LogP contribution in [0.3, 0.4) is 0 Å². The zero-order valence-electron chi connectivity index (χ0n) is 13.6. The highest BCUT2D eigenvalue weighted by molar-refractivity contribution is 6.40. The number of ether oxygens (including phenoxy) is 1. The first-order chi connectivity index (χ1) is 11.5. The van der Waals surface area contributed by atoms with Crippen molar-refractivity contribution in [3.63, 3.8) is 0 Å². The summed E-state index contributed by atoms with van der Waals surface area (Å²) in [5.74, 6) is 0.778. The molecule has 0 spiro atoms. The third-order valence-electron chi connectivity index (χ3n) is 2.70. The molecule has 0 aromatic heterocycles. The molecule has 0 aliphatic rings. The van der Waals surface area contributed by atoms with Crippen LogP contribution in [-0.4, -0.2) is 44.7 Å². The number of carbonyl (C=O) groups is 1. The Morgan fingerprint density at radius 3 is 2.29 bits per heavy atom. The Morgan fingerprint density at radius 2 is 1.71 bits per heavy atom. The smallest absolute Gasteiger partial charge is 0.241 e. The largest absolute Gasteiger partial charge is 0.489 e. The number of rotatable bonds is 8. The molecule has 0 aliphatic heterocycles. The van der Waals surface area contributed by atoms with Crippen LogP contribution in [0.15, 0.2) is 17.1 Å². The molecular weight excluding hydrogens is 375 g/mol. The first kappa shape index (κ1) is 20.7. The van der Waals surface area contributed by atoms with Crippen molar-refractivity contribution in [3.05, 3.63) is 27.2 Å². The fourth-order valence-electron chi connectivity index (χ4n) is 1.74. The molecule has 6 nitrogen and oxygen atoms in total. The molecule has 0 bridgehead atoms.